The highest BCUT2D eigenvalue weighted by molar-refractivity contribution is 7.89. The lowest BCUT2D eigenvalue weighted by Crippen LogP contribution is -2.36. The molecule has 1 rings (SSSR count). The Bertz CT molecular complexity index is 650. The van der Waals surface area contributed by atoms with Crippen molar-refractivity contribution in [2.75, 3.05) is 13.1 Å². The van der Waals surface area contributed by atoms with Crippen molar-refractivity contribution >= 4 is 21.9 Å². The summed E-state index contributed by atoms with van der Waals surface area (Å²) in [5.41, 5.74) is 5.22. The average Bonchev–Trinajstić information content (AvgIpc) is 2.78. The minimum absolute atomic E-state index is 0.0657. The van der Waals surface area contributed by atoms with Gasteiger partial charge >= 0.3 is 5.97 Å². The van der Waals surface area contributed by atoms with Crippen LogP contribution in [0.15, 0.2) is 17.2 Å². The van der Waals surface area contributed by atoms with Gasteiger partial charge in [0.25, 0.3) is 5.91 Å². The largest absolute Gasteiger partial charge is 0.481 e. The highest BCUT2D eigenvalue weighted by Gasteiger charge is 2.28. The molecule has 8 nitrogen and oxygen atoms in total. The number of carboxylic acid groups (broad SMARTS) is 1. The number of aromatic nitrogens is 1. The molecule has 0 aliphatic carbocycles. The SMILES string of the molecule is CCN(CC(C)C(=O)O)S(=O)(=O)c1cc(C(N)=O)n(C)c1. The smallest absolute Gasteiger partial charge is 0.307 e. The fourth-order valence-corrected chi connectivity index (χ4v) is 3.46. The summed E-state index contributed by atoms with van der Waals surface area (Å²) < 4.78 is 27.3. The van der Waals surface area contributed by atoms with Gasteiger partial charge in [-0.05, 0) is 6.07 Å². The maximum absolute atomic E-state index is 12.5. The summed E-state index contributed by atoms with van der Waals surface area (Å²) in [5.74, 6) is -2.64. The summed E-state index contributed by atoms with van der Waals surface area (Å²) in [5, 5.41) is 8.90. The van der Waals surface area contributed by atoms with Gasteiger partial charge in [0.05, 0.1) is 5.92 Å². The lowest BCUT2D eigenvalue weighted by atomic mass is 10.2. The van der Waals surface area contributed by atoms with Crippen LogP contribution in [0.25, 0.3) is 0 Å². The van der Waals surface area contributed by atoms with Crippen molar-refractivity contribution in [3.8, 4) is 0 Å². The van der Waals surface area contributed by atoms with E-state index in [9.17, 15) is 18.0 Å². The van der Waals surface area contributed by atoms with E-state index < -0.39 is 27.8 Å². The van der Waals surface area contributed by atoms with Crippen molar-refractivity contribution in [2.24, 2.45) is 18.7 Å². The maximum atomic E-state index is 12.5. The first kappa shape index (κ1) is 17.2. The molecule has 1 aromatic heterocycles. The van der Waals surface area contributed by atoms with E-state index in [0.717, 1.165) is 4.31 Å². The number of carboxylic acids is 1. The van der Waals surface area contributed by atoms with Gasteiger partial charge in [-0.3, -0.25) is 9.59 Å². The highest BCUT2D eigenvalue weighted by atomic mass is 32.2. The van der Waals surface area contributed by atoms with E-state index in [1.165, 1.54) is 30.8 Å². The Morgan fingerprint density at radius 2 is 2.05 bits per heavy atom. The van der Waals surface area contributed by atoms with Crippen molar-refractivity contribution in [3.63, 3.8) is 0 Å². The van der Waals surface area contributed by atoms with Crippen LogP contribution in [0.3, 0.4) is 0 Å². The third-order valence-corrected chi connectivity index (χ3v) is 5.03. The Kier molecular flexibility index (Phi) is 5.13. The Balaban J connectivity index is 3.16. The number of primary amides is 1. The molecule has 1 unspecified atom stereocenters. The molecule has 1 atom stereocenters. The summed E-state index contributed by atoms with van der Waals surface area (Å²) >= 11 is 0. The van der Waals surface area contributed by atoms with Gasteiger partial charge in [0.15, 0.2) is 0 Å². The molecular formula is C12H19N3O5S. The number of sulfonamides is 1. The molecule has 118 valence electrons. The molecule has 1 heterocycles. The summed E-state index contributed by atoms with van der Waals surface area (Å²) in [6, 6.07) is 1.19. The zero-order chi connectivity index (χ0) is 16.4. The second kappa shape index (κ2) is 6.27. The van der Waals surface area contributed by atoms with Crippen molar-refractivity contribution in [2.45, 2.75) is 18.7 Å². The van der Waals surface area contributed by atoms with Crippen LogP contribution in [0.4, 0.5) is 0 Å². The van der Waals surface area contributed by atoms with Crippen molar-refractivity contribution in [1.82, 2.24) is 8.87 Å². The number of hydrogen-bond acceptors (Lipinski definition) is 4. The Morgan fingerprint density at radius 1 is 1.48 bits per heavy atom. The number of carbonyl (C=O) groups excluding carboxylic acids is 1. The van der Waals surface area contributed by atoms with Crippen molar-refractivity contribution in [1.29, 1.82) is 0 Å². The van der Waals surface area contributed by atoms with Gasteiger partial charge < -0.3 is 15.4 Å². The lowest BCUT2D eigenvalue weighted by molar-refractivity contribution is -0.141. The van der Waals surface area contributed by atoms with Gasteiger partial charge in [-0.25, -0.2) is 8.42 Å². The molecule has 0 aliphatic heterocycles. The number of rotatable bonds is 7. The first-order valence-corrected chi connectivity index (χ1v) is 7.74. The molecule has 0 saturated heterocycles. The standard InChI is InChI=1S/C12H19N3O5S/c1-4-15(6-8(2)12(17)18)21(19,20)9-5-10(11(13)16)14(3)7-9/h5,7-8H,4,6H2,1-3H3,(H2,13,16)(H,17,18). The molecule has 1 aromatic rings. The van der Waals surface area contributed by atoms with Crippen LogP contribution in [0.5, 0.6) is 0 Å². The Labute approximate surface area is 123 Å². The molecule has 9 heteroatoms. The second-order valence-corrected chi connectivity index (χ2v) is 6.67. The predicted octanol–water partition coefficient (Wildman–Crippen LogP) is -0.145. The minimum Gasteiger partial charge on any atom is -0.481 e. The number of aliphatic carboxylic acids is 1. The van der Waals surface area contributed by atoms with E-state index >= 15 is 0 Å². The number of hydrogen-bond donors (Lipinski definition) is 2. The second-order valence-electron chi connectivity index (χ2n) is 4.73. The number of nitrogens with two attached hydrogens (primary N) is 1. The summed E-state index contributed by atoms with van der Waals surface area (Å²) in [4.78, 5) is 22.0. The molecule has 0 spiro atoms. The molecule has 1 amide bonds. The number of carbonyl (C=O) groups is 2. The molecular weight excluding hydrogens is 298 g/mol. The Morgan fingerprint density at radius 3 is 2.43 bits per heavy atom. The van der Waals surface area contributed by atoms with Crippen LogP contribution in [-0.4, -0.2) is 47.4 Å². The molecule has 0 radical (unpaired) electrons. The van der Waals surface area contributed by atoms with Crippen LogP contribution in [0.1, 0.15) is 24.3 Å². The summed E-state index contributed by atoms with van der Waals surface area (Å²) in [6.07, 6.45) is 1.28. The van der Waals surface area contributed by atoms with E-state index in [4.69, 9.17) is 10.8 Å². The fraction of sp³-hybridized carbons (Fsp3) is 0.500. The predicted molar refractivity (Wildman–Crippen MR) is 75.2 cm³/mol. The highest BCUT2D eigenvalue weighted by Crippen LogP contribution is 2.19. The fourth-order valence-electron chi connectivity index (χ4n) is 1.85. The van der Waals surface area contributed by atoms with E-state index in [1.54, 1.807) is 6.92 Å². The number of aryl methyl sites for hydroxylation is 1. The van der Waals surface area contributed by atoms with Gasteiger partial charge in [0.1, 0.15) is 10.6 Å². The zero-order valence-corrected chi connectivity index (χ0v) is 12.9. The lowest BCUT2D eigenvalue weighted by Gasteiger charge is -2.21. The third-order valence-electron chi connectivity index (χ3n) is 3.12. The van der Waals surface area contributed by atoms with Gasteiger partial charge in [-0.15, -0.1) is 0 Å². The van der Waals surface area contributed by atoms with Crippen LogP contribution < -0.4 is 5.73 Å². The van der Waals surface area contributed by atoms with Crippen LogP contribution in [0, 0.1) is 5.92 Å². The third kappa shape index (κ3) is 3.61. The quantitative estimate of drug-likeness (QED) is 0.724. The van der Waals surface area contributed by atoms with Crippen LogP contribution >= 0.6 is 0 Å². The van der Waals surface area contributed by atoms with Crippen molar-refractivity contribution < 1.29 is 23.1 Å². The molecule has 21 heavy (non-hydrogen) atoms. The van der Waals surface area contributed by atoms with Gasteiger partial charge in [0, 0.05) is 26.3 Å². The molecule has 3 N–H and O–H groups in total. The first-order chi connectivity index (χ1) is 9.61. The topological polar surface area (TPSA) is 123 Å². The normalized spacial score (nSPS) is 13.3. The Hall–Kier alpha value is -1.87. The van der Waals surface area contributed by atoms with Gasteiger partial charge in [-0.1, -0.05) is 13.8 Å². The maximum Gasteiger partial charge on any atom is 0.307 e. The van der Waals surface area contributed by atoms with Crippen LogP contribution in [-0.2, 0) is 21.9 Å². The molecule has 0 saturated carbocycles. The van der Waals surface area contributed by atoms with Gasteiger partial charge in [0.2, 0.25) is 10.0 Å². The molecule has 0 fully saturated rings. The zero-order valence-electron chi connectivity index (χ0n) is 12.1. The van der Waals surface area contributed by atoms with E-state index in [0.29, 0.717) is 0 Å². The monoisotopic (exact) mass is 317 g/mol. The van der Waals surface area contributed by atoms with Crippen molar-refractivity contribution in [3.05, 3.63) is 18.0 Å². The average molecular weight is 317 g/mol. The van der Waals surface area contributed by atoms with Gasteiger partial charge in [-0.2, -0.15) is 4.31 Å². The van der Waals surface area contributed by atoms with E-state index in [1.807, 2.05) is 0 Å². The van der Waals surface area contributed by atoms with Crippen LogP contribution in [0.2, 0.25) is 0 Å². The molecule has 0 bridgehead atoms. The number of nitrogens with zero attached hydrogens (tertiary/aromatic N) is 2. The molecule has 0 aliphatic rings. The molecule has 0 aromatic carbocycles. The van der Waals surface area contributed by atoms with E-state index in [-0.39, 0.29) is 23.7 Å². The number of amides is 1. The van der Waals surface area contributed by atoms with E-state index in [2.05, 4.69) is 0 Å². The summed E-state index contributed by atoms with van der Waals surface area (Å²) in [7, 11) is -2.36. The summed E-state index contributed by atoms with van der Waals surface area (Å²) in [6.45, 7) is 3.03. The first-order valence-electron chi connectivity index (χ1n) is 6.30. The minimum atomic E-state index is -3.87.